The van der Waals surface area contributed by atoms with Crippen molar-refractivity contribution in [1.82, 2.24) is 0 Å². The second-order valence-corrected chi connectivity index (χ2v) is 3.14. The highest BCUT2D eigenvalue weighted by Crippen LogP contribution is 2.09. The van der Waals surface area contributed by atoms with E-state index in [1.807, 2.05) is 17.8 Å². The van der Waals surface area contributed by atoms with Gasteiger partial charge in [-0.3, -0.25) is 0 Å². The Kier molecular flexibility index (Phi) is 3.37. The van der Waals surface area contributed by atoms with E-state index in [1.54, 1.807) is 0 Å². The lowest BCUT2D eigenvalue weighted by Crippen LogP contribution is -1.78. The first-order valence-electron chi connectivity index (χ1n) is 3.34. The lowest BCUT2D eigenvalue weighted by atomic mass is 10.2. The van der Waals surface area contributed by atoms with Crippen LogP contribution in [0.1, 0.15) is 5.56 Å². The molecular formula is C9H11S. The van der Waals surface area contributed by atoms with Crippen molar-refractivity contribution >= 4 is 11.8 Å². The van der Waals surface area contributed by atoms with Crippen LogP contribution < -0.4 is 0 Å². The molecule has 1 aromatic carbocycles. The van der Waals surface area contributed by atoms with E-state index in [9.17, 15) is 0 Å². The van der Waals surface area contributed by atoms with Crippen molar-refractivity contribution in [3.05, 3.63) is 42.8 Å². The number of rotatable bonds is 3. The van der Waals surface area contributed by atoms with E-state index >= 15 is 0 Å². The Morgan fingerprint density at radius 2 is 1.90 bits per heavy atom. The van der Waals surface area contributed by atoms with Gasteiger partial charge in [0.05, 0.1) is 0 Å². The van der Waals surface area contributed by atoms with Gasteiger partial charge >= 0.3 is 0 Å². The zero-order chi connectivity index (χ0) is 7.23. The summed E-state index contributed by atoms with van der Waals surface area (Å²) in [7, 11) is 0. The third kappa shape index (κ3) is 2.44. The number of hydrogen-bond acceptors (Lipinski definition) is 1. The summed E-state index contributed by atoms with van der Waals surface area (Å²) in [6, 6.07) is 10.5. The Morgan fingerprint density at radius 1 is 1.20 bits per heavy atom. The van der Waals surface area contributed by atoms with Crippen LogP contribution in [-0.2, 0) is 5.75 Å². The second kappa shape index (κ2) is 4.40. The second-order valence-electron chi connectivity index (χ2n) is 2.04. The Balaban J connectivity index is 2.43. The quantitative estimate of drug-likeness (QED) is 0.640. The molecule has 1 aromatic rings. The molecule has 0 saturated carbocycles. The fourth-order valence-electron chi connectivity index (χ4n) is 0.764. The van der Waals surface area contributed by atoms with Gasteiger partial charge in [0, 0.05) is 5.75 Å². The molecule has 0 amide bonds. The zero-order valence-corrected chi connectivity index (χ0v) is 6.73. The molecule has 0 aromatic heterocycles. The van der Waals surface area contributed by atoms with Crippen LogP contribution >= 0.6 is 11.8 Å². The highest BCUT2D eigenvalue weighted by molar-refractivity contribution is 7.98. The summed E-state index contributed by atoms with van der Waals surface area (Å²) in [6.45, 7) is 3.76. The van der Waals surface area contributed by atoms with Gasteiger partial charge in [0.2, 0.25) is 0 Å². The molecule has 1 heteroatoms. The van der Waals surface area contributed by atoms with Crippen LogP contribution in [0.25, 0.3) is 0 Å². The van der Waals surface area contributed by atoms with Crippen LogP contribution in [0.15, 0.2) is 30.3 Å². The number of thioether (sulfide) groups is 1. The highest BCUT2D eigenvalue weighted by Gasteiger charge is 1.87. The normalized spacial score (nSPS) is 9.70. The molecule has 0 spiro atoms. The minimum absolute atomic E-state index is 0.953. The first-order valence-corrected chi connectivity index (χ1v) is 4.50. The standard InChI is InChI=1S/C9H11S/c1-2-10-8-9-6-4-3-5-7-9/h3-7H,1-2,8H2. The summed E-state index contributed by atoms with van der Waals surface area (Å²) in [5.74, 6) is 2.04. The lowest BCUT2D eigenvalue weighted by molar-refractivity contribution is 1.41. The molecule has 0 aliphatic carbocycles. The van der Waals surface area contributed by atoms with Gasteiger partial charge < -0.3 is 0 Å². The molecule has 1 rings (SSSR count). The highest BCUT2D eigenvalue weighted by atomic mass is 32.2. The van der Waals surface area contributed by atoms with E-state index in [0.29, 0.717) is 0 Å². The molecule has 1 radical (unpaired) electrons. The molecule has 10 heavy (non-hydrogen) atoms. The minimum atomic E-state index is 0.953. The molecule has 0 aliphatic heterocycles. The van der Waals surface area contributed by atoms with E-state index < -0.39 is 0 Å². The molecule has 0 unspecified atom stereocenters. The molecule has 0 heterocycles. The summed E-state index contributed by atoms with van der Waals surface area (Å²) >= 11 is 1.85. The monoisotopic (exact) mass is 151 g/mol. The number of hydrogen-bond donors (Lipinski definition) is 0. The molecule has 0 fully saturated rings. The van der Waals surface area contributed by atoms with E-state index in [-0.39, 0.29) is 0 Å². The molecule has 53 valence electrons. The third-order valence-corrected chi connectivity index (χ3v) is 2.08. The largest absolute Gasteiger partial charge is 0.157 e. The van der Waals surface area contributed by atoms with Gasteiger partial charge in [0.1, 0.15) is 0 Å². The fraction of sp³-hybridized carbons (Fsp3) is 0.222. The van der Waals surface area contributed by atoms with Crippen LogP contribution in [0.2, 0.25) is 0 Å². The van der Waals surface area contributed by atoms with E-state index in [1.165, 1.54) is 5.56 Å². The Hall–Kier alpha value is -0.430. The SMILES string of the molecule is [CH2]CSCc1ccccc1. The maximum Gasteiger partial charge on any atom is 0.0184 e. The smallest absolute Gasteiger partial charge is 0.0184 e. The zero-order valence-electron chi connectivity index (χ0n) is 5.92. The summed E-state index contributed by atoms with van der Waals surface area (Å²) in [4.78, 5) is 0. The molecular weight excluding hydrogens is 140 g/mol. The molecule has 0 saturated heterocycles. The van der Waals surface area contributed by atoms with Crippen molar-refractivity contribution < 1.29 is 0 Å². The Morgan fingerprint density at radius 3 is 2.50 bits per heavy atom. The summed E-state index contributed by atoms with van der Waals surface area (Å²) in [6.07, 6.45) is 0. The first-order chi connectivity index (χ1) is 4.93. The van der Waals surface area contributed by atoms with Crippen molar-refractivity contribution in [3.63, 3.8) is 0 Å². The van der Waals surface area contributed by atoms with Crippen LogP contribution in [0.5, 0.6) is 0 Å². The average Bonchev–Trinajstić information content (AvgIpc) is 2.03. The molecule has 0 bridgehead atoms. The van der Waals surface area contributed by atoms with Gasteiger partial charge in [0.25, 0.3) is 0 Å². The van der Waals surface area contributed by atoms with E-state index in [0.717, 1.165) is 11.5 Å². The maximum absolute atomic E-state index is 3.76. The summed E-state index contributed by atoms with van der Waals surface area (Å²) < 4.78 is 0. The topological polar surface area (TPSA) is 0 Å². The summed E-state index contributed by atoms with van der Waals surface area (Å²) in [5.41, 5.74) is 1.39. The van der Waals surface area contributed by atoms with E-state index in [2.05, 4.69) is 31.2 Å². The molecule has 0 aliphatic rings. The number of benzene rings is 1. The van der Waals surface area contributed by atoms with Crippen molar-refractivity contribution in [2.75, 3.05) is 5.75 Å². The van der Waals surface area contributed by atoms with Crippen molar-refractivity contribution in [2.24, 2.45) is 0 Å². The Bertz CT molecular complexity index is 169. The minimum Gasteiger partial charge on any atom is -0.157 e. The van der Waals surface area contributed by atoms with Gasteiger partial charge in [-0.05, 0) is 18.2 Å². The predicted molar refractivity (Wildman–Crippen MR) is 48.0 cm³/mol. The molecule has 0 nitrogen and oxygen atoms in total. The third-order valence-electron chi connectivity index (χ3n) is 1.26. The fourth-order valence-corrected chi connectivity index (χ4v) is 1.34. The molecule has 0 N–H and O–H groups in total. The summed E-state index contributed by atoms with van der Waals surface area (Å²) in [5, 5.41) is 0. The van der Waals surface area contributed by atoms with Gasteiger partial charge in [-0.2, -0.15) is 11.8 Å². The van der Waals surface area contributed by atoms with Crippen LogP contribution in [0.3, 0.4) is 0 Å². The van der Waals surface area contributed by atoms with Crippen molar-refractivity contribution in [3.8, 4) is 0 Å². The van der Waals surface area contributed by atoms with Gasteiger partial charge in [-0.15, -0.1) is 0 Å². The van der Waals surface area contributed by atoms with Crippen molar-refractivity contribution in [2.45, 2.75) is 5.75 Å². The van der Waals surface area contributed by atoms with E-state index in [4.69, 9.17) is 0 Å². The molecule has 0 atom stereocenters. The lowest BCUT2D eigenvalue weighted by Gasteiger charge is -1.96. The Labute approximate surface area is 66.6 Å². The van der Waals surface area contributed by atoms with Crippen LogP contribution in [0.4, 0.5) is 0 Å². The first kappa shape index (κ1) is 7.67. The maximum atomic E-state index is 3.76. The van der Waals surface area contributed by atoms with Gasteiger partial charge in [-0.1, -0.05) is 30.3 Å². The predicted octanol–water partition coefficient (Wildman–Crippen LogP) is 2.75. The van der Waals surface area contributed by atoms with Crippen LogP contribution in [0, 0.1) is 6.92 Å². The van der Waals surface area contributed by atoms with Gasteiger partial charge in [0.15, 0.2) is 0 Å². The van der Waals surface area contributed by atoms with Crippen molar-refractivity contribution in [1.29, 1.82) is 0 Å². The van der Waals surface area contributed by atoms with Gasteiger partial charge in [-0.25, -0.2) is 0 Å². The average molecular weight is 151 g/mol. The van der Waals surface area contributed by atoms with Crippen LogP contribution in [-0.4, -0.2) is 5.75 Å².